The molecule has 1 saturated heterocycles. The highest BCUT2D eigenvalue weighted by Gasteiger charge is 2.34. The van der Waals surface area contributed by atoms with Crippen LogP contribution in [0.4, 0.5) is 5.82 Å². The number of carbonyl (C=O) groups excluding carboxylic acids is 1. The van der Waals surface area contributed by atoms with Crippen LogP contribution in [0.2, 0.25) is 0 Å². The van der Waals surface area contributed by atoms with E-state index in [1.54, 1.807) is 6.20 Å². The van der Waals surface area contributed by atoms with Gasteiger partial charge in [0.05, 0.1) is 12.4 Å². The highest BCUT2D eigenvalue weighted by Crippen LogP contribution is 2.29. The Balaban J connectivity index is 1.53. The topological polar surface area (TPSA) is 70.2 Å². The van der Waals surface area contributed by atoms with Gasteiger partial charge in [0.15, 0.2) is 0 Å². The van der Waals surface area contributed by atoms with E-state index >= 15 is 0 Å². The number of hydrogen-bond acceptors (Lipinski definition) is 5. The first kappa shape index (κ1) is 13.3. The number of aromatic nitrogens is 2. The first-order valence-corrected chi connectivity index (χ1v) is 7.37. The number of amides is 1. The maximum absolute atomic E-state index is 12.1. The molecule has 2 N–H and O–H groups in total. The zero-order valence-electron chi connectivity index (χ0n) is 11.8. The summed E-state index contributed by atoms with van der Waals surface area (Å²) in [5, 5.41) is 6.12. The number of nitrogens with one attached hydrogen (secondary N) is 2. The summed E-state index contributed by atoms with van der Waals surface area (Å²) < 4.78 is 0. The first-order chi connectivity index (χ1) is 9.76. The van der Waals surface area contributed by atoms with Crippen molar-refractivity contribution in [2.75, 3.05) is 25.0 Å². The molecule has 1 unspecified atom stereocenters. The van der Waals surface area contributed by atoms with Gasteiger partial charge in [-0.3, -0.25) is 9.69 Å². The molecule has 1 atom stereocenters. The predicted octanol–water partition coefficient (Wildman–Crippen LogP) is 0.875. The Labute approximate surface area is 119 Å². The molecule has 1 amide bonds. The SMILES string of the molecule is CCNc1cnc(C(=O)NC2CCN(C3CC3)C2)cn1. The van der Waals surface area contributed by atoms with Crippen LogP contribution in [-0.2, 0) is 0 Å². The molecular formula is C14H21N5O. The van der Waals surface area contributed by atoms with E-state index in [2.05, 4.69) is 25.5 Å². The molecule has 0 bridgehead atoms. The second-order valence-corrected chi connectivity index (χ2v) is 5.50. The number of carbonyl (C=O) groups is 1. The van der Waals surface area contributed by atoms with E-state index in [0.717, 1.165) is 32.1 Å². The predicted molar refractivity (Wildman–Crippen MR) is 76.7 cm³/mol. The highest BCUT2D eigenvalue weighted by molar-refractivity contribution is 5.92. The fourth-order valence-corrected chi connectivity index (χ4v) is 2.65. The minimum atomic E-state index is -0.122. The van der Waals surface area contributed by atoms with E-state index in [1.807, 2.05) is 6.92 Å². The lowest BCUT2D eigenvalue weighted by atomic mass is 10.2. The monoisotopic (exact) mass is 275 g/mol. The van der Waals surface area contributed by atoms with Gasteiger partial charge in [0.2, 0.25) is 0 Å². The van der Waals surface area contributed by atoms with Gasteiger partial charge < -0.3 is 10.6 Å². The minimum absolute atomic E-state index is 0.122. The Bertz CT molecular complexity index is 471. The van der Waals surface area contributed by atoms with Crippen molar-refractivity contribution in [2.45, 2.75) is 38.3 Å². The van der Waals surface area contributed by atoms with E-state index < -0.39 is 0 Å². The zero-order chi connectivity index (χ0) is 13.9. The third-order valence-corrected chi connectivity index (χ3v) is 3.86. The van der Waals surface area contributed by atoms with Crippen LogP contribution in [0.5, 0.6) is 0 Å². The Morgan fingerprint density at radius 2 is 2.20 bits per heavy atom. The smallest absolute Gasteiger partial charge is 0.271 e. The van der Waals surface area contributed by atoms with E-state index in [-0.39, 0.29) is 11.9 Å². The Hall–Kier alpha value is -1.69. The van der Waals surface area contributed by atoms with E-state index in [4.69, 9.17) is 0 Å². The molecule has 2 aliphatic rings. The van der Waals surface area contributed by atoms with Crippen LogP contribution in [0, 0.1) is 0 Å². The summed E-state index contributed by atoms with van der Waals surface area (Å²) in [6.45, 7) is 4.85. The van der Waals surface area contributed by atoms with Crippen molar-refractivity contribution in [1.29, 1.82) is 0 Å². The largest absolute Gasteiger partial charge is 0.369 e. The van der Waals surface area contributed by atoms with Crippen molar-refractivity contribution in [3.63, 3.8) is 0 Å². The molecule has 1 aromatic rings. The van der Waals surface area contributed by atoms with Crippen LogP contribution in [-0.4, -0.2) is 52.5 Å². The van der Waals surface area contributed by atoms with Gasteiger partial charge in [-0.15, -0.1) is 0 Å². The summed E-state index contributed by atoms with van der Waals surface area (Å²) in [7, 11) is 0. The molecule has 0 spiro atoms. The molecule has 1 aromatic heterocycles. The molecule has 0 aromatic carbocycles. The Morgan fingerprint density at radius 3 is 2.85 bits per heavy atom. The van der Waals surface area contributed by atoms with Crippen LogP contribution in [0.3, 0.4) is 0 Å². The number of rotatable bonds is 5. The second kappa shape index (κ2) is 5.75. The molecule has 2 heterocycles. The molecule has 3 rings (SSSR count). The number of nitrogens with zero attached hydrogens (tertiary/aromatic N) is 3. The van der Waals surface area contributed by atoms with Crippen molar-refractivity contribution >= 4 is 11.7 Å². The summed E-state index contributed by atoms with van der Waals surface area (Å²) >= 11 is 0. The van der Waals surface area contributed by atoms with Crippen molar-refractivity contribution < 1.29 is 4.79 Å². The standard InChI is InChI=1S/C14H21N5O/c1-2-15-13-8-16-12(7-17-13)14(20)18-10-5-6-19(9-10)11-3-4-11/h7-8,10-11H,2-6,9H2,1H3,(H,15,17)(H,18,20). The molecular weight excluding hydrogens is 254 g/mol. The van der Waals surface area contributed by atoms with Crippen molar-refractivity contribution in [3.05, 3.63) is 18.1 Å². The quantitative estimate of drug-likeness (QED) is 0.834. The first-order valence-electron chi connectivity index (χ1n) is 7.37. The van der Waals surface area contributed by atoms with E-state index in [1.165, 1.54) is 19.0 Å². The number of hydrogen-bond donors (Lipinski definition) is 2. The van der Waals surface area contributed by atoms with Gasteiger partial charge in [-0.1, -0.05) is 0 Å². The van der Waals surface area contributed by atoms with Crippen LogP contribution >= 0.6 is 0 Å². The highest BCUT2D eigenvalue weighted by atomic mass is 16.2. The van der Waals surface area contributed by atoms with E-state index in [0.29, 0.717) is 11.5 Å². The molecule has 1 aliphatic carbocycles. The van der Waals surface area contributed by atoms with Gasteiger partial charge in [-0.05, 0) is 26.2 Å². The third-order valence-electron chi connectivity index (χ3n) is 3.86. The van der Waals surface area contributed by atoms with Gasteiger partial charge in [-0.25, -0.2) is 9.97 Å². The lowest BCUT2D eigenvalue weighted by molar-refractivity contribution is 0.0932. The fourth-order valence-electron chi connectivity index (χ4n) is 2.65. The van der Waals surface area contributed by atoms with Gasteiger partial charge >= 0.3 is 0 Å². The Morgan fingerprint density at radius 1 is 1.35 bits per heavy atom. The number of likely N-dealkylation sites (tertiary alicyclic amines) is 1. The lowest BCUT2D eigenvalue weighted by Gasteiger charge is -2.15. The molecule has 0 radical (unpaired) electrons. The summed E-state index contributed by atoms with van der Waals surface area (Å²) in [4.78, 5) is 22.9. The molecule has 2 fully saturated rings. The van der Waals surface area contributed by atoms with Crippen molar-refractivity contribution in [2.24, 2.45) is 0 Å². The Kier molecular flexibility index (Phi) is 3.82. The molecule has 6 nitrogen and oxygen atoms in total. The van der Waals surface area contributed by atoms with Crippen molar-refractivity contribution in [3.8, 4) is 0 Å². The molecule has 108 valence electrons. The van der Waals surface area contributed by atoms with Gasteiger partial charge in [0.1, 0.15) is 11.5 Å². The maximum Gasteiger partial charge on any atom is 0.271 e. The fraction of sp³-hybridized carbons (Fsp3) is 0.643. The van der Waals surface area contributed by atoms with Crippen LogP contribution < -0.4 is 10.6 Å². The number of anilines is 1. The average Bonchev–Trinajstić information content (AvgIpc) is 3.21. The normalized spacial score (nSPS) is 22.8. The van der Waals surface area contributed by atoms with Crippen LogP contribution in [0.15, 0.2) is 12.4 Å². The molecule has 20 heavy (non-hydrogen) atoms. The van der Waals surface area contributed by atoms with Crippen LogP contribution in [0.1, 0.15) is 36.7 Å². The maximum atomic E-state index is 12.1. The van der Waals surface area contributed by atoms with Crippen molar-refractivity contribution in [1.82, 2.24) is 20.2 Å². The minimum Gasteiger partial charge on any atom is -0.369 e. The molecule has 1 aliphatic heterocycles. The zero-order valence-corrected chi connectivity index (χ0v) is 11.8. The summed E-state index contributed by atoms with van der Waals surface area (Å²) in [6.07, 6.45) is 6.80. The third kappa shape index (κ3) is 3.07. The van der Waals surface area contributed by atoms with Crippen LogP contribution in [0.25, 0.3) is 0 Å². The summed E-state index contributed by atoms with van der Waals surface area (Å²) in [5.74, 6) is 0.577. The van der Waals surface area contributed by atoms with E-state index in [9.17, 15) is 4.79 Å². The summed E-state index contributed by atoms with van der Waals surface area (Å²) in [6, 6.07) is 1.02. The van der Waals surface area contributed by atoms with Gasteiger partial charge in [-0.2, -0.15) is 0 Å². The second-order valence-electron chi connectivity index (χ2n) is 5.50. The average molecular weight is 275 g/mol. The van der Waals surface area contributed by atoms with Gasteiger partial charge in [0, 0.05) is 31.7 Å². The van der Waals surface area contributed by atoms with Gasteiger partial charge in [0.25, 0.3) is 5.91 Å². The lowest BCUT2D eigenvalue weighted by Crippen LogP contribution is -2.37. The molecule has 1 saturated carbocycles. The summed E-state index contributed by atoms with van der Waals surface area (Å²) in [5.41, 5.74) is 0.386. The molecule has 6 heteroatoms.